The van der Waals surface area contributed by atoms with Crippen molar-refractivity contribution in [1.29, 1.82) is 0 Å². The molecule has 0 radical (unpaired) electrons. The Balaban J connectivity index is 1.99. The second-order valence-electron chi connectivity index (χ2n) is 4.16. The van der Waals surface area contributed by atoms with Gasteiger partial charge in [0.2, 0.25) is 0 Å². The quantitative estimate of drug-likeness (QED) is 0.824. The van der Waals surface area contributed by atoms with Crippen molar-refractivity contribution in [3.05, 3.63) is 22.6 Å². The molecule has 84 valence electrons. The van der Waals surface area contributed by atoms with Crippen LogP contribution in [0.4, 0.5) is 0 Å². The zero-order valence-corrected chi connectivity index (χ0v) is 10.8. The fourth-order valence-electron chi connectivity index (χ4n) is 1.94. The van der Waals surface area contributed by atoms with Crippen molar-refractivity contribution >= 4 is 15.9 Å². The first-order valence-corrected chi connectivity index (χ1v) is 6.14. The lowest BCUT2D eigenvalue weighted by molar-refractivity contribution is 0.108. The van der Waals surface area contributed by atoms with Crippen LogP contribution in [0, 0.1) is 0 Å². The molecule has 2 rings (SSSR count). The van der Waals surface area contributed by atoms with Gasteiger partial charge in [-0.2, -0.15) is 0 Å². The molecule has 1 aromatic heterocycles. The van der Waals surface area contributed by atoms with Gasteiger partial charge in [0.05, 0.1) is 6.04 Å². The maximum atomic E-state index is 5.59. The minimum Gasteiger partial charge on any atom is -0.453 e. The molecule has 1 aliphatic heterocycles. The average molecular weight is 273 g/mol. The van der Waals surface area contributed by atoms with E-state index in [1.165, 1.54) is 0 Å². The molecule has 0 saturated carbocycles. The number of hydrogen-bond acceptors (Lipinski definition) is 3. The van der Waals surface area contributed by atoms with E-state index in [9.17, 15) is 0 Å². The van der Waals surface area contributed by atoms with E-state index in [1.807, 2.05) is 12.1 Å². The topological polar surface area (TPSA) is 19.6 Å². The Bertz CT molecular complexity index is 318. The summed E-state index contributed by atoms with van der Waals surface area (Å²) >= 11 is 3.34. The number of nitrogens with zero attached hydrogens (tertiary/aromatic N) is 2. The highest BCUT2D eigenvalue weighted by molar-refractivity contribution is 9.10. The lowest BCUT2D eigenvalue weighted by atomic mass is 10.2. The predicted molar refractivity (Wildman–Crippen MR) is 63.9 cm³/mol. The first kappa shape index (κ1) is 11.2. The average Bonchev–Trinajstić information content (AvgIpc) is 2.65. The van der Waals surface area contributed by atoms with Gasteiger partial charge in [-0.05, 0) is 42.0 Å². The third kappa shape index (κ3) is 2.62. The highest BCUT2D eigenvalue weighted by Gasteiger charge is 2.22. The van der Waals surface area contributed by atoms with Crippen molar-refractivity contribution in [2.75, 3.05) is 33.2 Å². The van der Waals surface area contributed by atoms with Crippen molar-refractivity contribution in [3.63, 3.8) is 0 Å². The Morgan fingerprint density at radius 3 is 2.47 bits per heavy atom. The van der Waals surface area contributed by atoms with Crippen LogP contribution in [-0.2, 0) is 0 Å². The smallest absolute Gasteiger partial charge is 0.169 e. The fraction of sp³-hybridized carbons (Fsp3) is 0.636. The van der Waals surface area contributed by atoms with Gasteiger partial charge in [0.15, 0.2) is 4.67 Å². The lowest BCUT2D eigenvalue weighted by Gasteiger charge is -2.35. The van der Waals surface area contributed by atoms with E-state index in [0.29, 0.717) is 6.04 Å². The van der Waals surface area contributed by atoms with Crippen LogP contribution in [0.1, 0.15) is 18.7 Å². The van der Waals surface area contributed by atoms with Gasteiger partial charge in [0.25, 0.3) is 0 Å². The van der Waals surface area contributed by atoms with Crippen LogP contribution in [-0.4, -0.2) is 43.0 Å². The first-order chi connectivity index (χ1) is 7.16. The number of furan rings is 1. The monoisotopic (exact) mass is 272 g/mol. The second-order valence-corrected chi connectivity index (χ2v) is 4.94. The third-order valence-corrected chi connectivity index (χ3v) is 3.52. The van der Waals surface area contributed by atoms with Crippen molar-refractivity contribution in [2.45, 2.75) is 13.0 Å². The van der Waals surface area contributed by atoms with Crippen LogP contribution in [0.2, 0.25) is 0 Å². The normalized spacial score (nSPS) is 21.8. The maximum Gasteiger partial charge on any atom is 0.169 e. The number of hydrogen-bond donors (Lipinski definition) is 0. The largest absolute Gasteiger partial charge is 0.453 e. The molecule has 2 heterocycles. The third-order valence-electron chi connectivity index (χ3n) is 3.09. The van der Waals surface area contributed by atoms with E-state index >= 15 is 0 Å². The van der Waals surface area contributed by atoms with Gasteiger partial charge in [0.1, 0.15) is 5.76 Å². The molecule has 0 N–H and O–H groups in total. The van der Waals surface area contributed by atoms with Gasteiger partial charge < -0.3 is 9.32 Å². The van der Waals surface area contributed by atoms with Crippen LogP contribution < -0.4 is 0 Å². The molecular formula is C11H17BrN2O. The molecule has 0 amide bonds. The molecule has 1 saturated heterocycles. The Kier molecular flexibility index (Phi) is 3.49. The molecule has 15 heavy (non-hydrogen) atoms. The Labute approximate surface area is 99.2 Å². The molecule has 1 aliphatic rings. The van der Waals surface area contributed by atoms with E-state index in [-0.39, 0.29) is 0 Å². The highest BCUT2D eigenvalue weighted by Crippen LogP contribution is 2.25. The number of likely N-dealkylation sites (N-methyl/N-ethyl adjacent to an activating group) is 1. The molecular weight excluding hydrogens is 256 g/mol. The van der Waals surface area contributed by atoms with Crippen LogP contribution in [0.5, 0.6) is 0 Å². The summed E-state index contributed by atoms with van der Waals surface area (Å²) < 4.78 is 6.40. The summed E-state index contributed by atoms with van der Waals surface area (Å²) in [7, 11) is 2.17. The fourth-order valence-corrected chi connectivity index (χ4v) is 2.26. The zero-order valence-electron chi connectivity index (χ0n) is 9.24. The van der Waals surface area contributed by atoms with E-state index in [1.54, 1.807) is 0 Å². The van der Waals surface area contributed by atoms with E-state index in [2.05, 4.69) is 39.7 Å². The van der Waals surface area contributed by atoms with Crippen LogP contribution in [0.15, 0.2) is 21.2 Å². The molecule has 1 atom stereocenters. The Hall–Kier alpha value is -0.320. The lowest BCUT2D eigenvalue weighted by Crippen LogP contribution is -2.45. The van der Waals surface area contributed by atoms with E-state index in [4.69, 9.17) is 4.42 Å². The summed E-state index contributed by atoms with van der Waals surface area (Å²) in [6.45, 7) is 6.74. The van der Waals surface area contributed by atoms with Crippen LogP contribution in [0.25, 0.3) is 0 Å². The van der Waals surface area contributed by atoms with Gasteiger partial charge >= 0.3 is 0 Å². The second kappa shape index (κ2) is 4.68. The van der Waals surface area contributed by atoms with E-state index in [0.717, 1.165) is 36.6 Å². The van der Waals surface area contributed by atoms with E-state index < -0.39 is 0 Å². The van der Waals surface area contributed by atoms with Gasteiger partial charge in [-0.1, -0.05) is 0 Å². The Morgan fingerprint density at radius 2 is 1.93 bits per heavy atom. The predicted octanol–water partition coefficient (Wildman–Crippen LogP) is 2.35. The van der Waals surface area contributed by atoms with Crippen molar-refractivity contribution in [2.24, 2.45) is 0 Å². The number of piperazine rings is 1. The molecule has 4 heteroatoms. The van der Waals surface area contributed by atoms with Crippen LogP contribution in [0.3, 0.4) is 0 Å². The highest BCUT2D eigenvalue weighted by atomic mass is 79.9. The molecule has 1 aromatic rings. The van der Waals surface area contributed by atoms with Gasteiger partial charge in [-0.15, -0.1) is 0 Å². The van der Waals surface area contributed by atoms with Gasteiger partial charge in [0, 0.05) is 26.2 Å². The van der Waals surface area contributed by atoms with Gasteiger partial charge in [-0.3, -0.25) is 4.90 Å². The van der Waals surface area contributed by atoms with Crippen LogP contribution >= 0.6 is 15.9 Å². The minimum absolute atomic E-state index is 0.380. The maximum absolute atomic E-state index is 5.59. The summed E-state index contributed by atoms with van der Waals surface area (Å²) in [4.78, 5) is 4.83. The molecule has 1 fully saturated rings. The molecule has 0 spiro atoms. The summed E-state index contributed by atoms with van der Waals surface area (Å²) in [6.07, 6.45) is 0. The molecule has 0 bridgehead atoms. The molecule has 1 unspecified atom stereocenters. The number of rotatable bonds is 2. The minimum atomic E-state index is 0.380. The van der Waals surface area contributed by atoms with Crippen molar-refractivity contribution < 1.29 is 4.42 Å². The molecule has 0 aromatic carbocycles. The Morgan fingerprint density at radius 1 is 1.27 bits per heavy atom. The summed E-state index contributed by atoms with van der Waals surface area (Å²) in [5, 5.41) is 0. The van der Waals surface area contributed by atoms with Gasteiger partial charge in [-0.25, -0.2) is 0 Å². The van der Waals surface area contributed by atoms with Crippen molar-refractivity contribution in [3.8, 4) is 0 Å². The molecule has 0 aliphatic carbocycles. The summed E-state index contributed by atoms with van der Waals surface area (Å²) in [6, 6.07) is 4.39. The SMILES string of the molecule is CC(c1ccc(Br)o1)N1CCN(C)CC1. The first-order valence-electron chi connectivity index (χ1n) is 5.34. The standard InChI is InChI=1S/C11H17BrN2O/c1-9(10-3-4-11(12)15-10)14-7-5-13(2)6-8-14/h3-4,9H,5-8H2,1-2H3. The molecule has 3 nitrogen and oxygen atoms in total. The summed E-state index contributed by atoms with van der Waals surface area (Å²) in [5.74, 6) is 1.05. The number of halogens is 1. The zero-order chi connectivity index (χ0) is 10.8. The van der Waals surface area contributed by atoms with Crippen molar-refractivity contribution in [1.82, 2.24) is 9.80 Å². The summed E-state index contributed by atoms with van der Waals surface area (Å²) in [5.41, 5.74) is 0.